The standard InChI is InChI=1S/C13H19F6N3O8S2/c1-4-10(23)29-6-5-20-11(24)30-9(7-21(2)31(25,26)12(14,15)16)8-22(3)32(27,28)13(17,18)19/h4,9H,1,5-8H2,2-3H3,(H,20,24). The molecule has 0 saturated carbocycles. The van der Waals surface area contributed by atoms with Crippen molar-refractivity contribution in [2.45, 2.75) is 17.1 Å². The van der Waals surface area contributed by atoms with E-state index in [1.165, 1.54) is 0 Å². The number of ether oxygens (including phenoxy) is 2. The Morgan fingerprint density at radius 2 is 1.38 bits per heavy atom. The molecule has 0 fully saturated rings. The Bertz CT molecular complexity index is 836. The minimum atomic E-state index is -5.98. The highest BCUT2D eigenvalue weighted by Crippen LogP contribution is 2.28. The second kappa shape index (κ2) is 11.1. The number of halogens is 6. The lowest BCUT2D eigenvalue weighted by molar-refractivity contribution is -0.137. The molecule has 0 aromatic heterocycles. The number of likely N-dealkylation sites (N-methyl/N-ethyl adjacent to an activating group) is 2. The number of nitrogens with zero attached hydrogens (tertiary/aromatic N) is 2. The maximum absolute atomic E-state index is 12.7. The van der Waals surface area contributed by atoms with Gasteiger partial charge in [0.25, 0.3) is 0 Å². The minimum Gasteiger partial charge on any atom is -0.461 e. The normalized spacial score (nSPS) is 13.3. The predicted molar refractivity (Wildman–Crippen MR) is 94.6 cm³/mol. The van der Waals surface area contributed by atoms with Crippen LogP contribution in [0.3, 0.4) is 0 Å². The largest absolute Gasteiger partial charge is 0.511 e. The van der Waals surface area contributed by atoms with Gasteiger partial charge in [-0.05, 0) is 0 Å². The predicted octanol–water partition coefficient (Wildman–Crippen LogP) is 0.373. The molecule has 32 heavy (non-hydrogen) atoms. The Balaban J connectivity index is 5.46. The summed E-state index contributed by atoms with van der Waals surface area (Å²) in [6.07, 6.45) is -2.78. The molecule has 0 unspecified atom stereocenters. The highest BCUT2D eigenvalue weighted by Gasteiger charge is 2.51. The van der Waals surface area contributed by atoms with Crippen molar-refractivity contribution in [3.05, 3.63) is 12.7 Å². The summed E-state index contributed by atoms with van der Waals surface area (Å²) in [5.41, 5.74) is -11.6. The Morgan fingerprint density at radius 3 is 1.72 bits per heavy atom. The molecule has 0 aliphatic heterocycles. The van der Waals surface area contributed by atoms with Crippen molar-refractivity contribution >= 4 is 32.1 Å². The third-order valence-corrected chi connectivity index (χ3v) is 6.49. The third-order valence-electron chi connectivity index (χ3n) is 3.38. The van der Waals surface area contributed by atoms with E-state index in [0.717, 1.165) is 6.08 Å². The van der Waals surface area contributed by atoms with Gasteiger partial charge in [-0.2, -0.15) is 35.0 Å². The van der Waals surface area contributed by atoms with Crippen LogP contribution in [0.4, 0.5) is 31.1 Å². The highest BCUT2D eigenvalue weighted by molar-refractivity contribution is 7.90. The number of carbonyl (C=O) groups is 2. The van der Waals surface area contributed by atoms with E-state index in [4.69, 9.17) is 0 Å². The van der Waals surface area contributed by atoms with Gasteiger partial charge in [0.05, 0.1) is 19.6 Å². The van der Waals surface area contributed by atoms with Crippen molar-refractivity contribution in [2.24, 2.45) is 0 Å². The summed E-state index contributed by atoms with van der Waals surface area (Å²) in [7, 11) is -11.2. The average molecular weight is 523 g/mol. The van der Waals surface area contributed by atoms with Crippen molar-refractivity contribution in [1.29, 1.82) is 0 Å². The van der Waals surface area contributed by atoms with E-state index < -0.39 is 75.5 Å². The van der Waals surface area contributed by atoms with E-state index in [1.54, 1.807) is 0 Å². The molecule has 0 aromatic rings. The van der Waals surface area contributed by atoms with Gasteiger partial charge < -0.3 is 14.8 Å². The SMILES string of the molecule is C=CC(=O)OCCNC(=O)OC(CN(C)S(=O)(=O)C(F)(F)F)CN(C)S(=O)(=O)C(F)(F)F. The van der Waals surface area contributed by atoms with Crippen molar-refractivity contribution in [1.82, 2.24) is 13.9 Å². The van der Waals surface area contributed by atoms with E-state index in [2.05, 4.69) is 16.1 Å². The van der Waals surface area contributed by atoms with Crippen LogP contribution in [-0.2, 0) is 34.3 Å². The van der Waals surface area contributed by atoms with Gasteiger partial charge in [0.1, 0.15) is 12.7 Å². The number of carbonyl (C=O) groups excluding carboxylic acids is 2. The van der Waals surface area contributed by atoms with E-state index in [9.17, 15) is 52.8 Å². The lowest BCUT2D eigenvalue weighted by atomic mass is 10.3. The number of nitrogens with one attached hydrogen (secondary N) is 1. The Hall–Kier alpha value is -2.12. The molecular weight excluding hydrogens is 504 g/mol. The average Bonchev–Trinajstić information content (AvgIpc) is 2.62. The van der Waals surface area contributed by atoms with Gasteiger partial charge in [0, 0.05) is 20.2 Å². The maximum Gasteiger partial charge on any atom is 0.511 e. The van der Waals surface area contributed by atoms with Crippen molar-refractivity contribution in [3.63, 3.8) is 0 Å². The Kier molecular flexibility index (Phi) is 10.4. The molecule has 0 aliphatic rings. The summed E-state index contributed by atoms with van der Waals surface area (Å²) in [5, 5.41) is 1.92. The summed E-state index contributed by atoms with van der Waals surface area (Å²) in [5.74, 6) is -0.865. The summed E-state index contributed by atoms with van der Waals surface area (Å²) >= 11 is 0. The molecule has 1 amide bonds. The van der Waals surface area contributed by atoms with Gasteiger partial charge in [-0.3, -0.25) is 0 Å². The van der Waals surface area contributed by atoms with Gasteiger partial charge >= 0.3 is 43.1 Å². The van der Waals surface area contributed by atoms with Crippen LogP contribution in [0.5, 0.6) is 0 Å². The van der Waals surface area contributed by atoms with Crippen LogP contribution in [0.25, 0.3) is 0 Å². The number of hydrogen-bond donors (Lipinski definition) is 1. The second-order valence-corrected chi connectivity index (χ2v) is 9.86. The van der Waals surface area contributed by atoms with Crippen molar-refractivity contribution < 1.29 is 62.2 Å². The topological polar surface area (TPSA) is 139 Å². The Labute approximate surface area is 179 Å². The molecule has 11 nitrogen and oxygen atoms in total. The van der Waals surface area contributed by atoms with Gasteiger partial charge in [-0.25, -0.2) is 26.4 Å². The first-order valence-corrected chi connectivity index (χ1v) is 10.9. The van der Waals surface area contributed by atoms with Crippen LogP contribution in [-0.4, -0.2) is 95.0 Å². The third kappa shape index (κ3) is 8.43. The molecule has 0 aromatic carbocycles. The van der Waals surface area contributed by atoms with Crippen LogP contribution in [0.1, 0.15) is 0 Å². The van der Waals surface area contributed by atoms with E-state index >= 15 is 0 Å². The fourth-order valence-electron chi connectivity index (χ4n) is 1.81. The number of amides is 1. The first-order valence-electron chi connectivity index (χ1n) is 8.06. The number of rotatable bonds is 11. The van der Waals surface area contributed by atoms with Gasteiger partial charge in [-0.1, -0.05) is 6.58 Å². The van der Waals surface area contributed by atoms with Crippen molar-refractivity contribution in [3.8, 4) is 0 Å². The molecule has 0 radical (unpaired) electrons. The maximum atomic E-state index is 12.7. The molecule has 0 atom stereocenters. The summed E-state index contributed by atoms with van der Waals surface area (Å²) in [6, 6.07) is 0. The lowest BCUT2D eigenvalue weighted by Crippen LogP contribution is -2.49. The Morgan fingerprint density at radius 1 is 0.969 bits per heavy atom. The van der Waals surface area contributed by atoms with Crippen LogP contribution in [0, 0.1) is 0 Å². The fourth-order valence-corrected chi connectivity index (χ4v) is 3.24. The summed E-state index contributed by atoms with van der Waals surface area (Å²) in [6.45, 7) is -0.448. The van der Waals surface area contributed by atoms with Gasteiger partial charge in [0.2, 0.25) is 0 Å². The molecule has 0 aliphatic carbocycles. The second-order valence-electron chi connectivity index (χ2n) is 5.79. The number of esters is 1. The highest BCUT2D eigenvalue weighted by atomic mass is 32.2. The van der Waals surface area contributed by atoms with Crippen LogP contribution in [0.15, 0.2) is 12.7 Å². The monoisotopic (exact) mass is 523 g/mol. The molecule has 0 rings (SSSR count). The fraction of sp³-hybridized carbons (Fsp3) is 0.692. The minimum absolute atomic E-state index is 0.370. The van der Waals surface area contributed by atoms with Crippen LogP contribution in [0.2, 0.25) is 0 Å². The zero-order chi connectivity index (χ0) is 25.5. The number of alkyl carbamates (subject to hydrolysis) is 1. The van der Waals surface area contributed by atoms with Gasteiger partial charge in [-0.15, -0.1) is 0 Å². The molecule has 19 heteroatoms. The molecule has 0 spiro atoms. The molecule has 1 N–H and O–H groups in total. The molecule has 0 heterocycles. The van der Waals surface area contributed by atoms with Crippen LogP contribution >= 0.6 is 0 Å². The quantitative estimate of drug-likeness (QED) is 0.177. The van der Waals surface area contributed by atoms with E-state index in [0.29, 0.717) is 14.1 Å². The number of sulfonamides is 2. The first-order chi connectivity index (χ1) is 14.3. The number of alkyl halides is 6. The zero-order valence-electron chi connectivity index (χ0n) is 16.4. The molecular formula is C13H19F6N3O8S2. The summed E-state index contributed by atoms with van der Waals surface area (Å²) in [4.78, 5) is 22.6. The van der Waals surface area contributed by atoms with Crippen LogP contribution < -0.4 is 5.32 Å². The van der Waals surface area contributed by atoms with E-state index in [1.807, 2.05) is 5.32 Å². The first kappa shape index (κ1) is 29.9. The van der Waals surface area contributed by atoms with Crippen molar-refractivity contribution in [2.75, 3.05) is 40.3 Å². The number of hydrogen-bond acceptors (Lipinski definition) is 8. The lowest BCUT2D eigenvalue weighted by Gasteiger charge is -2.28. The summed E-state index contributed by atoms with van der Waals surface area (Å²) < 4.78 is 130. The molecule has 0 saturated heterocycles. The smallest absolute Gasteiger partial charge is 0.461 e. The van der Waals surface area contributed by atoms with Gasteiger partial charge in [0.15, 0.2) is 0 Å². The van der Waals surface area contributed by atoms with E-state index in [-0.39, 0.29) is 8.61 Å². The zero-order valence-corrected chi connectivity index (χ0v) is 18.1. The molecule has 188 valence electrons. The molecule has 0 bridgehead atoms.